The van der Waals surface area contributed by atoms with Crippen LogP contribution in [0.25, 0.3) is 0 Å². The molecule has 2 heterocycles. The summed E-state index contributed by atoms with van der Waals surface area (Å²) in [5.41, 5.74) is -0.338. The number of ether oxygens (including phenoxy) is 8. The van der Waals surface area contributed by atoms with Gasteiger partial charge >= 0.3 is 0 Å². The number of aliphatic hydroxyl groups excluding tert-OH is 6. The summed E-state index contributed by atoms with van der Waals surface area (Å²) in [6.45, 7) is -2.63. The van der Waals surface area contributed by atoms with Crippen molar-refractivity contribution >= 4 is 0 Å². The monoisotopic (exact) mass is 714 g/mol. The molecule has 2 fully saturated rings. The van der Waals surface area contributed by atoms with E-state index < -0.39 is 86.3 Å². The first-order valence-electron chi connectivity index (χ1n) is 16.0. The van der Waals surface area contributed by atoms with Crippen molar-refractivity contribution in [3.63, 3.8) is 0 Å². The van der Waals surface area contributed by atoms with Crippen molar-refractivity contribution in [3.8, 4) is 34.5 Å². The summed E-state index contributed by atoms with van der Waals surface area (Å²) in [7, 11) is 5.51. The normalized spacial score (nSPS) is 33.9. The molecule has 280 valence electrons. The highest BCUT2D eigenvalue weighted by atomic mass is 16.8. The van der Waals surface area contributed by atoms with E-state index in [0.717, 1.165) is 0 Å². The smallest absolute Gasteiger partial charge is 0.201 e. The Kier molecular flexibility index (Phi) is 11.9. The second-order valence-corrected chi connectivity index (χ2v) is 12.6. The number of benzene rings is 2. The lowest BCUT2D eigenvalue weighted by atomic mass is 9.66. The summed E-state index contributed by atoms with van der Waals surface area (Å²) in [6, 6.07) is 4.80. The summed E-state index contributed by atoms with van der Waals surface area (Å²) < 4.78 is 45.2. The predicted molar refractivity (Wildman–Crippen MR) is 168 cm³/mol. The summed E-state index contributed by atoms with van der Waals surface area (Å²) in [5.74, 6) is -2.08. The highest BCUT2D eigenvalue weighted by Gasteiger charge is 2.53. The van der Waals surface area contributed by atoms with Crippen LogP contribution in [0.1, 0.15) is 22.6 Å². The van der Waals surface area contributed by atoms with Crippen LogP contribution in [-0.4, -0.2) is 156 Å². The van der Waals surface area contributed by atoms with Gasteiger partial charge in [0.15, 0.2) is 35.6 Å². The van der Waals surface area contributed by atoms with E-state index in [-0.39, 0.29) is 54.1 Å². The Morgan fingerprint density at radius 2 is 1.46 bits per heavy atom. The summed E-state index contributed by atoms with van der Waals surface area (Å²) >= 11 is 0. The first-order valence-corrected chi connectivity index (χ1v) is 16.0. The summed E-state index contributed by atoms with van der Waals surface area (Å²) in [6.07, 6.45) is -10.8. The second kappa shape index (κ2) is 15.6. The lowest BCUT2D eigenvalue weighted by Gasteiger charge is -2.44. The molecule has 0 unspecified atom stereocenters. The summed E-state index contributed by atoms with van der Waals surface area (Å²) in [4.78, 5) is 0. The van der Waals surface area contributed by atoms with Crippen LogP contribution < -0.4 is 18.9 Å². The van der Waals surface area contributed by atoms with Crippen molar-refractivity contribution in [3.05, 3.63) is 34.9 Å². The van der Waals surface area contributed by atoms with Gasteiger partial charge in [0.1, 0.15) is 36.1 Å². The van der Waals surface area contributed by atoms with Crippen molar-refractivity contribution in [1.29, 1.82) is 0 Å². The van der Waals surface area contributed by atoms with E-state index in [4.69, 9.17) is 37.9 Å². The van der Waals surface area contributed by atoms with Crippen molar-refractivity contribution in [2.24, 2.45) is 11.8 Å². The maximum atomic E-state index is 11.2. The van der Waals surface area contributed by atoms with Crippen molar-refractivity contribution in [2.75, 3.05) is 61.5 Å². The zero-order valence-corrected chi connectivity index (χ0v) is 28.0. The third kappa shape index (κ3) is 6.75. The molecule has 2 saturated heterocycles. The largest absolute Gasteiger partial charge is 0.502 e. The molecule has 17 heteroatoms. The van der Waals surface area contributed by atoms with E-state index in [1.165, 1.54) is 28.4 Å². The van der Waals surface area contributed by atoms with Gasteiger partial charge in [0.25, 0.3) is 0 Å². The highest BCUT2D eigenvalue weighted by Crippen LogP contribution is 2.54. The molecular weight excluding hydrogens is 668 g/mol. The van der Waals surface area contributed by atoms with Gasteiger partial charge in [-0.05, 0) is 47.6 Å². The second-order valence-electron chi connectivity index (χ2n) is 12.6. The topological polar surface area (TPSA) is 256 Å². The average Bonchev–Trinajstić information content (AvgIpc) is 3.41. The Morgan fingerprint density at radius 1 is 0.820 bits per heavy atom. The molecule has 17 nitrogen and oxygen atoms in total. The molecule has 0 aromatic heterocycles. The fraction of sp³-hybridized carbons (Fsp3) is 0.636. The number of methoxy groups -OCH3 is 4. The number of phenolic OH excluding ortho intramolecular Hbond substituents is 2. The maximum absolute atomic E-state index is 11.2. The Morgan fingerprint density at radius 3 is 2.00 bits per heavy atom. The minimum absolute atomic E-state index is 0.0772. The number of rotatable bonds is 13. The number of hydrogen-bond acceptors (Lipinski definition) is 17. The van der Waals surface area contributed by atoms with Gasteiger partial charge in [0, 0.05) is 18.1 Å². The van der Waals surface area contributed by atoms with E-state index in [1.807, 2.05) is 0 Å². The van der Waals surface area contributed by atoms with Gasteiger partial charge in [-0.2, -0.15) is 0 Å². The van der Waals surface area contributed by atoms with Gasteiger partial charge in [0.05, 0.1) is 54.9 Å². The highest BCUT2D eigenvalue weighted by molar-refractivity contribution is 5.64. The molecule has 2 aliphatic heterocycles. The van der Waals surface area contributed by atoms with E-state index in [2.05, 4.69) is 0 Å². The van der Waals surface area contributed by atoms with Crippen LogP contribution in [0, 0.1) is 11.8 Å². The van der Waals surface area contributed by atoms with E-state index in [0.29, 0.717) is 16.7 Å². The zero-order valence-electron chi connectivity index (χ0n) is 28.0. The molecule has 2 aromatic carbocycles. The minimum Gasteiger partial charge on any atom is -0.502 e. The number of fused-ring (bicyclic) bond motifs is 1. The molecule has 1 aliphatic carbocycles. The molecule has 9 N–H and O–H groups in total. The third-order valence-corrected chi connectivity index (χ3v) is 9.84. The SMILES string of the molecule is COc1cc([C@H]2c3c(cc(OC)c(O)c3OC)C[C@@H](CO)[C@@H]2CO[C@@H]2O[C@H](CO)[C@@H](O)[C@H](O)[C@H]2O[C@@H]2OC[C@](O)(CO)[C@H]2O)cc(OC)c1O. The van der Waals surface area contributed by atoms with Crippen LogP contribution in [0.15, 0.2) is 18.2 Å². The molecule has 0 spiro atoms. The van der Waals surface area contributed by atoms with E-state index in [1.54, 1.807) is 18.2 Å². The van der Waals surface area contributed by atoms with Gasteiger partial charge in [-0.25, -0.2) is 0 Å². The van der Waals surface area contributed by atoms with Crippen molar-refractivity contribution in [2.45, 2.75) is 61.0 Å². The van der Waals surface area contributed by atoms with Crippen molar-refractivity contribution < 1.29 is 83.9 Å². The number of aromatic hydroxyl groups is 2. The molecule has 0 radical (unpaired) electrons. The molecule has 3 aliphatic rings. The van der Waals surface area contributed by atoms with Crippen LogP contribution >= 0.6 is 0 Å². The number of hydrogen-bond donors (Lipinski definition) is 9. The fourth-order valence-electron chi connectivity index (χ4n) is 7.03. The molecule has 0 bridgehead atoms. The molecule has 5 rings (SSSR count). The molecule has 0 amide bonds. The molecule has 0 saturated carbocycles. The quantitative estimate of drug-likeness (QED) is 0.112. The Bertz CT molecular complexity index is 1450. The van der Waals surface area contributed by atoms with Crippen LogP contribution in [-0.2, 0) is 25.4 Å². The fourth-order valence-corrected chi connectivity index (χ4v) is 7.03. The first kappa shape index (κ1) is 38.0. The van der Waals surface area contributed by atoms with Crippen molar-refractivity contribution in [1.82, 2.24) is 0 Å². The zero-order chi connectivity index (χ0) is 36.5. The van der Waals surface area contributed by atoms with Gasteiger partial charge < -0.3 is 83.9 Å². The van der Waals surface area contributed by atoms with Crippen LogP contribution in [0.4, 0.5) is 0 Å². The first-order chi connectivity index (χ1) is 23.9. The predicted octanol–water partition coefficient (Wildman–Crippen LogP) is -1.67. The number of aliphatic hydroxyl groups is 7. The third-order valence-electron chi connectivity index (χ3n) is 9.84. The van der Waals surface area contributed by atoms with Crippen LogP contribution in [0.3, 0.4) is 0 Å². The average molecular weight is 715 g/mol. The Labute approximate surface area is 287 Å². The minimum atomic E-state index is -2.05. The molecular formula is C33H46O17. The standard InChI is InChI=1S/C33H46O17/c1-43-18-7-15(8-19(44-2)24(18)37)22-17(16(9-34)5-14-6-20(45-3)26(39)28(46-4)23(14)22)11-47-31-29(27(40)25(38)21(10-35)49-31)50-32-30(41)33(42,12-36)13-48-32/h6-8,16-17,21-22,25,27,29-32,34-42H,5,9-13H2,1-4H3/t16-,17-,21+,22+,25+,27-,29+,30-,31+,32-,33+/m0/s1. The van der Waals surface area contributed by atoms with Gasteiger partial charge in [0.2, 0.25) is 11.5 Å². The van der Waals surface area contributed by atoms with Gasteiger partial charge in [-0.3, -0.25) is 0 Å². The van der Waals surface area contributed by atoms with E-state index >= 15 is 0 Å². The van der Waals surface area contributed by atoms with Gasteiger partial charge in [-0.15, -0.1) is 0 Å². The number of phenols is 2. The van der Waals surface area contributed by atoms with Crippen LogP contribution in [0.2, 0.25) is 0 Å². The Balaban J connectivity index is 1.57. The lowest BCUT2D eigenvalue weighted by Crippen LogP contribution is -2.61. The van der Waals surface area contributed by atoms with Crippen LogP contribution in [0.5, 0.6) is 34.5 Å². The molecule has 11 atom stereocenters. The molecule has 2 aromatic rings. The Hall–Kier alpha value is -3.20. The molecule has 50 heavy (non-hydrogen) atoms. The van der Waals surface area contributed by atoms with Gasteiger partial charge in [-0.1, -0.05) is 0 Å². The summed E-state index contributed by atoms with van der Waals surface area (Å²) in [5, 5.41) is 94.9. The maximum Gasteiger partial charge on any atom is 0.201 e. The lowest BCUT2D eigenvalue weighted by molar-refractivity contribution is -0.338. The van der Waals surface area contributed by atoms with E-state index in [9.17, 15) is 46.0 Å².